The van der Waals surface area contributed by atoms with E-state index in [9.17, 15) is 4.79 Å². The maximum Gasteiger partial charge on any atom is 0.265 e. The molecule has 0 aliphatic heterocycles. The zero-order valence-corrected chi connectivity index (χ0v) is 29.0. The fourth-order valence-corrected chi connectivity index (χ4v) is 8.68. The number of hydrogen-bond donors (Lipinski definition) is 0. The minimum absolute atomic E-state index is 0.0708. The van der Waals surface area contributed by atoms with E-state index in [0.717, 1.165) is 59.2 Å². The zero-order valence-electron chi connectivity index (χ0n) is 25.9. The van der Waals surface area contributed by atoms with Crippen molar-refractivity contribution in [2.24, 2.45) is 0 Å². The normalized spacial score (nSPS) is 11.9. The maximum absolute atomic E-state index is 14.2. The second-order valence-corrected chi connectivity index (χ2v) is 14.2. The average molecular weight is 667 g/mol. The summed E-state index contributed by atoms with van der Waals surface area (Å²) in [6.07, 6.45) is 1.93. The minimum atomic E-state index is -0.0708. The first-order valence-corrected chi connectivity index (χ1v) is 17.3. The summed E-state index contributed by atoms with van der Waals surface area (Å²) < 4.78 is 1.85. The number of halogens is 3. The van der Waals surface area contributed by atoms with Crippen molar-refractivity contribution in [3.63, 3.8) is 0 Å². The highest BCUT2D eigenvalue weighted by atomic mass is 35.5. The van der Waals surface area contributed by atoms with Crippen molar-refractivity contribution in [2.45, 2.75) is 53.6 Å². The Balaban J connectivity index is 1.37. The number of quaternary nitrogens is 1. The molecule has 1 aromatic heterocycles. The Hall–Kier alpha value is -2.60. The van der Waals surface area contributed by atoms with Gasteiger partial charge in [0.15, 0.2) is 0 Å². The number of fused-ring (bicyclic) bond motifs is 2. The van der Waals surface area contributed by atoms with Crippen LogP contribution in [0.25, 0.3) is 20.9 Å². The fraction of sp³-hybridized carbons (Fsp3) is 0.324. The van der Waals surface area contributed by atoms with Crippen LogP contribution in [0.15, 0.2) is 72.8 Å². The molecule has 44 heavy (non-hydrogen) atoms. The number of carbonyl (C=O) groups excluding carboxylic acids is 1. The molecule has 1 heterocycles. The number of thiophene rings is 1. The molecule has 0 fully saturated rings. The maximum atomic E-state index is 14.2. The van der Waals surface area contributed by atoms with Gasteiger partial charge in [0.1, 0.15) is 11.4 Å². The van der Waals surface area contributed by atoms with Crippen LogP contribution in [-0.2, 0) is 13.1 Å². The molecular formula is C37H40Cl3N2OS+. The third-order valence-electron chi connectivity index (χ3n) is 8.77. The van der Waals surface area contributed by atoms with Gasteiger partial charge in [0.25, 0.3) is 5.91 Å². The summed E-state index contributed by atoms with van der Waals surface area (Å²) in [5.74, 6) is -0.0708. The summed E-state index contributed by atoms with van der Waals surface area (Å²) in [5.41, 5.74) is 5.13. The average Bonchev–Trinajstić information content (AvgIpc) is 3.33. The topological polar surface area (TPSA) is 20.3 Å². The van der Waals surface area contributed by atoms with E-state index in [2.05, 4.69) is 76.2 Å². The van der Waals surface area contributed by atoms with Gasteiger partial charge in [0.05, 0.1) is 29.7 Å². The SMILES string of the molecule is CC[N+](CC)(CCCCN(Cc1ccc2ccccc2c1)C(=O)c1sc2cc(Cl)cc(Cl)c2c1Cl)Cc1cc(C)cc(C)c1. The van der Waals surface area contributed by atoms with Crippen LogP contribution in [-0.4, -0.2) is 41.5 Å². The Morgan fingerprint density at radius 1 is 0.818 bits per heavy atom. The molecule has 7 heteroatoms. The summed E-state index contributed by atoms with van der Waals surface area (Å²) in [6.45, 7) is 14.3. The first-order chi connectivity index (χ1) is 21.1. The molecule has 3 nitrogen and oxygen atoms in total. The predicted octanol–water partition coefficient (Wildman–Crippen LogP) is 11.1. The van der Waals surface area contributed by atoms with Crippen LogP contribution in [0.1, 0.15) is 58.6 Å². The second kappa shape index (κ2) is 14.2. The van der Waals surface area contributed by atoms with Crippen LogP contribution in [0.2, 0.25) is 15.1 Å². The van der Waals surface area contributed by atoms with Crippen LogP contribution in [0.5, 0.6) is 0 Å². The number of benzene rings is 4. The Morgan fingerprint density at radius 3 is 2.23 bits per heavy atom. The molecule has 0 spiro atoms. The smallest absolute Gasteiger partial charge is 0.265 e. The molecule has 0 N–H and O–H groups in total. The minimum Gasteiger partial charge on any atom is -0.334 e. The molecule has 4 aromatic carbocycles. The number of carbonyl (C=O) groups is 1. The van der Waals surface area contributed by atoms with Gasteiger partial charge in [-0.05, 0) is 75.1 Å². The summed E-state index contributed by atoms with van der Waals surface area (Å²) in [5, 5.41) is 4.44. The first-order valence-electron chi connectivity index (χ1n) is 15.4. The van der Waals surface area contributed by atoms with Gasteiger partial charge in [-0.25, -0.2) is 0 Å². The van der Waals surface area contributed by atoms with Gasteiger partial charge >= 0.3 is 0 Å². The molecule has 5 aromatic rings. The number of unbranched alkanes of at least 4 members (excludes halogenated alkanes) is 1. The van der Waals surface area contributed by atoms with Gasteiger partial charge in [0, 0.05) is 33.8 Å². The van der Waals surface area contributed by atoms with E-state index in [4.69, 9.17) is 34.8 Å². The van der Waals surface area contributed by atoms with Crippen LogP contribution in [0.3, 0.4) is 0 Å². The molecular weight excluding hydrogens is 627 g/mol. The van der Waals surface area contributed by atoms with Crippen LogP contribution in [0, 0.1) is 13.8 Å². The van der Waals surface area contributed by atoms with E-state index in [1.807, 2.05) is 23.1 Å². The van der Waals surface area contributed by atoms with Crippen molar-refractivity contribution in [3.8, 4) is 0 Å². The fourth-order valence-electron chi connectivity index (χ4n) is 6.34. The van der Waals surface area contributed by atoms with E-state index in [1.165, 1.54) is 33.4 Å². The Morgan fingerprint density at radius 2 is 1.52 bits per heavy atom. The highest BCUT2D eigenvalue weighted by Gasteiger charge is 2.26. The predicted molar refractivity (Wildman–Crippen MR) is 191 cm³/mol. The van der Waals surface area contributed by atoms with Crippen molar-refractivity contribution in [2.75, 3.05) is 26.2 Å². The number of amides is 1. The quantitative estimate of drug-likeness (QED) is 0.0958. The van der Waals surface area contributed by atoms with E-state index in [0.29, 0.717) is 38.4 Å². The molecule has 0 unspecified atom stereocenters. The highest BCUT2D eigenvalue weighted by molar-refractivity contribution is 7.21. The molecule has 0 atom stereocenters. The van der Waals surface area contributed by atoms with E-state index in [-0.39, 0.29) is 5.91 Å². The van der Waals surface area contributed by atoms with Crippen molar-refractivity contribution in [1.29, 1.82) is 0 Å². The monoisotopic (exact) mass is 665 g/mol. The summed E-state index contributed by atoms with van der Waals surface area (Å²) in [4.78, 5) is 16.6. The van der Waals surface area contributed by atoms with Crippen LogP contribution < -0.4 is 0 Å². The van der Waals surface area contributed by atoms with E-state index >= 15 is 0 Å². The van der Waals surface area contributed by atoms with Crippen molar-refractivity contribution in [3.05, 3.63) is 115 Å². The van der Waals surface area contributed by atoms with Crippen LogP contribution >= 0.6 is 46.1 Å². The third kappa shape index (κ3) is 7.43. The van der Waals surface area contributed by atoms with Crippen molar-refractivity contribution < 1.29 is 9.28 Å². The molecule has 0 radical (unpaired) electrons. The van der Waals surface area contributed by atoms with E-state index < -0.39 is 0 Å². The number of aryl methyl sites for hydroxylation is 2. The lowest BCUT2D eigenvalue weighted by Crippen LogP contribution is -2.47. The summed E-state index contributed by atoms with van der Waals surface area (Å²) in [6, 6.07) is 25.1. The third-order valence-corrected chi connectivity index (χ3v) is 10.9. The molecule has 0 saturated carbocycles. The van der Waals surface area contributed by atoms with Gasteiger partial charge in [-0.1, -0.05) is 101 Å². The molecule has 0 bridgehead atoms. The molecule has 0 aliphatic rings. The lowest BCUT2D eigenvalue weighted by molar-refractivity contribution is -0.938. The Labute approximate surface area is 280 Å². The number of rotatable bonds is 12. The summed E-state index contributed by atoms with van der Waals surface area (Å²) in [7, 11) is 0. The number of nitrogens with zero attached hydrogens (tertiary/aromatic N) is 2. The Kier molecular flexibility index (Phi) is 10.6. The van der Waals surface area contributed by atoms with Crippen molar-refractivity contribution in [1.82, 2.24) is 4.90 Å². The zero-order chi connectivity index (χ0) is 31.4. The molecule has 230 valence electrons. The van der Waals surface area contributed by atoms with Gasteiger partial charge < -0.3 is 9.38 Å². The molecule has 5 rings (SSSR count). The molecule has 0 aliphatic carbocycles. The molecule has 0 saturated heterocycles. The number of hydrogen-bond acceptors (Lipinski definition) is 2. The van der Waals surface area contributed by atoms with E-state index in [1.54, 1.807) is 6.07 Å². The molecule has 1 amide bonds. The lowest BCUT2D eigenvalue weighted by Gasteiger charge is -2.37. The summed E-state index contributed by atoms with van der Waals surface area (Å²) >= 11 is 21.0. The standard InChI is InChI=1S/C37H40Cl3N2OS/c1-5-42(6-2,24-28-18-25(3)17-26(4)19-28)16-10-9-15-41(23-27-13-14-29-11-7-8-12-30(29)20-27)37(43)36-35(40)34-32(39)21-31(38)22-33(34)44-36/h7-8,11-14,17-22H,5-6,9-10,15-16,23-24H2,1-4H3/q+1. The highest BCUT2D eigenvalue weighted by Crippen LogP contribution is 2.42. The first kappa shape index (κ1) is 32.8. The van der Waals surface area contributed by atoms with Crippen molar-refractivity contribution >= 4 is 72.9 Å². The lowest BCUT2D eigenvalue weighted by atomic mass is 10.1. The largest absolute Gasteiger partial charge is 0.334 e. The van der Waals surface area contributed by atoms with Gasteiger partial charge in [-0.15, -0.1) is 11.3 Å². The van der Waals surface area contributed by atoms with Gasteiger partial charge in [-0.2, -0.15) is 0 Å². The second-order valence-electron chi connectivity index (χ2n) is 12.0. The Bertz CT molecular complexity index is 1770. The van der Waals surface area contributed by atoms with Crippen LogP contribution in [0.4, 0.5) is 0 Å². The van der Waals surface area contributed by atoms with Gasteiger partial charge in [-0.3, -0.25) is 4.79 Å². The van der Waals surface area contributed by atoms with Gasteiger partial charge in [0.2, 0.25) is 0 Å².